The van der Waals surface area contributed by atoms with Crippen LogP contribution >= 0.6 is 0 Å². The summed E-state index contributed by atoms with van der Waals surface area (Å²) < 4.78 is 14.2. The van der Waals surface area contributed by atoms with E-state index in [9.17, 15) is 9.18 Å². The highest BCUT2D eigenvalue weighted by atomic mass is 19.1. The summed E-state index contributed by atoms with van der Waals surface area (Å²) in [6, 6.07) is 14.3. The van der Waals surface area contributed by atoms with E-state index in [-0.39, 0.29) is 11.7 Å². The molecular weight excluding hydrogens is 367 g/mol. The molecule has 0 unspecified atom stereocenters. The maximum atomic E-state index is 14.2. The van der Waals surface area contributed by atoms with E-state index in [1.165, 1.54) is 6.07 Å². The van der Waals surface area contributed by atoms with Crippen molar-refractivity contribution in [2.75, 3.05) is 27.2 Å². The first-order valence-corrected chi connectivity index (χ1v) is 9.82. The molecule has 29 heavy (non-hydrogen) atoms. The lowest BCUT2D eigenvalue weighted by molar-refractivity contribution is 0.0827. The maximum Gasteiger partial charge on any atom is 0.253 e. The van der Waals surface area contributed by atoms with Crippen molar-refractivity contribution in [3.05, 3.63) is 71.0 Å². The van der Waals surface area contributed by atoms with Gasteiger partial charge in [-0.05, 0) is 36.2 Å². The third-order valence-corrected chi connectivity index (χ3v) is 4.67. The van der Waals surface area contributed by atoms with Crippen LogP contribution in [0.5, 0.6) is 0 Å². The molecule has 0 saturated heterocycles. The van der Waals surface area contributed by atoms with Crippen molar-refractivity contribution >= 4 is 11.9 Å². The van der Waals surface area contributed by atoms with Crippen LogP contribution in [0.3, 0.4) is 0 Å². The molecule has 156 valence electrons. The van der Waals surface area contributed by atoms with E-state index in [2.05, 4.69) is 15.6 Å². The molecule has 0 bridgehead atoms. The second-order valence-electron chi connectivity index (χ2n) is 7.81. The van der Waals surface area contributed by atoms with Crippen LogP contribution < -0.4 is 10.6 Å². The zero-order valence-electron chi connectivity index (χ0n) is 17.9. The number of guanidine groups is 1. The van der Waals surface area contributed by atoms with Crippen molar-refractivity contribution in [1.82, 2.24) is 15.5 Å². The predicted octanol–water partition coefficient (Wildman–Crippen LogP) is 3.56. The van der Waals surface area contributed by atoms with Crippen molar-refractivity contribution in [3.63, 3.8) is 0 Å². The van der Waals surface area contributed by atoms with Gasteiger partial charge in [-0.3, -0.25) is 4.79 Å². The van der Waals surface area contributed by atoms with E-state index in [0.29, 0.717) is 30.2 Å². The standard InChI is InChI=1S/C23H31FN4O/c1-6-25-22(27-16-23(2,3)19-9-7-8-10-20(19)24)26-15-17-11-13-18(14-12-17)21(29)28(4)5/h7-14H,6,15-16H2,1-5H3,(H2,25,26,27). The Morgan fingerprint density at radius 1 is 1.07 bits per heavy atom. The van der Waals surface area contributed by atoms with E-state index in [1.807, 2.05) is 57.2 Å². The highest BCUT2D eigenvalue weighted by Crippen LogP contribution is 2.24. The Morgan fingerprint density at radius 3 is 2.31 bits per heavy atom. The Morgan fingerprint density at radius 2 is 1.72 bits per heavy atom. The quantitative estimate of drug-likeness (QED) is 0.554. The molecule has 5 nitrogen and oxygen atoms in total. The highest BCUT2D eigenvalue weighted by molar-refractivity contribution is 5.93. The molecule has 0 aliphatic heterocycles. The number of carbonyl (C=O) groups is 1. The first-order valence-electron chi connectivity index (χ1n) is 9.82. The molecule has 2 aromatic rings. The maximum absolute atomic E-state index is 14.2. The molecular formula is C23H31FN4O. The molecule has 0 spiro atoms. The SMILES string of the molecule is CCNC(=NCc1ccc(C(=O)N(C)C)cc1)NCC(C)(C)c1ccccc1F. The highest BCUT2D eigenvalue weighted by Gasteiger charge is 2.24. The molecule has 2 aromatic carbocycles. The predicted molar refractivity (Wildman–Crippen MR) is 117 cm³/mol. The van der Waals surface area contributed by atoms with Gasteiger partial charge >= 0.3 is 0 Å². The number of halogens is 1. The minimum Gasteiger partial charge on any atom is -0.357 e. The van der Waals surface area contributed by atoms with E-state index in [1.54, 1.807) is 25.1 Å². The van der Waals surface area contributed by atoms with Crippen LogP contribution in [0.25, 0.3) is 0 Å². The summed E-state index contributed by atoms with van der Waals surface area (Å²) >= 11 is 0. The summed E-state index contributed by atoms with van der Waals surface area (Å²) in [4.78, 5) is 18.1. The molecule has 0 radical (unpaired) electrons. The molecule has 0 heterocycles. The van der Waals surface area contributed by atoms with Crippen LogP contribution in [0.2, 0.25) is 0 Å². The van der Waals surface area contributed by atoms with Gasteiger partial charge in [0, 0.05) is 38.2 Å². The molecule has 6 heteroatoms. The van der Waals surface area contributed by atoms with Gasteiger partial charge in [-0.25, -0.2) is 9.38 Å². The smallest absolute Gasteiger partial charge is 0.253 e. The molecule has 0 aliphatic rings. The lowest BCUT2D eigenvalue weighted by atomic mass is 9.84. The summed E-state index contributed by atoms with van der Waals surface area (Å²) in [5, 5.41) is 6.53. The average molecular weight is 399 g/mol. The van der Waals surface area contributed by atoms with Crippen LogP contribution in [0.4, 0.5) is 4.39 Å². The molecule has 0 saturated carbocycles. The summed E-state index contributed by atoms with van der Waals surface area (Å²) in [7, 11) is 3.47. The zero-order valence-corrected chi connectivity index (χ0v) is 17.9. The lowest BCUT2D eigenvalue weighted by Crippen LogP contribution is -2.43. The third-order valence-electron chi connectivity index (χ3n) is 4.67. The van der Waals surface area contributed by atoms with Gasteiger partial charge in [0.05, 0.1) is 6.54 Å². The number of benzene rings is 2. The molecule has 0 aromatic heterocycles. The largest absolute Gasteiger partial charge is 0.357 e. The zero-order chi connectivity index (χ0) is 21.4. The van der Waals surface area contributed by atoms with Crippen LogP contribution in [0, 0.1) is 5.82 Å². The first kappa shape index (κ1) is 22.4. The average Bonchev–Trinajstić information content (AvgIpc) is 2.70. The summed E-state index contributed by atoms with van der Waals surface area (Å²) in [6.07, 6.45) is 0. The van der Waals surface area contributed by atoms with Gasteiger partial charge in [0.1, 0.15) is 5.82 Å². The van der Waals surface area contributed by atoms with E-state index < -0.39 is 5.41 Å². The summed E-state index contributed by atoms with van der Waals surface area (Å²) in [6.45, 7) is 7.75. The van der Waals surface area contributed by atoms with Crippen molar-refractivity contribution in [3.8, 4) is 0 Å². The van der Waals surface area contributed by atoms with Gasteiger partial charge in [0.25, 0.3) is 5.91 Å². The molecule has 0 fully saturated rings. The van der Waals surface area contributed by atoms with E-state index in [0.717, 1.165) is 12.1 Å². The second kappa shape index (κ2) is 10.0. The van der Waals surface area contributed by atoms with Crippen LogP contribution in [-0.2, 0) is 12.0 Å². The molecule has 0 aliphatic carbocycles. The van der Waals surface area contributed by atoms with Crippen LogP contribution in [-0.4, -0.2) is 44.0 Å². The monoisotopic (exact) mass is 398 g/mol. The number of hydrogen-bond donors (Lipinski definition) is 2. The van der Waals surface area contributed by atoms with Crippen molar-refractivity contribution in [2.24, 2.45) is 4.99 Å². The Kier molecular flexibility index (Phi) is 7.76. The summed E-state index contributed by atoms with van der Waals surface area (Å²) in [5.74, 6) is 0.449. The fourth-order valence-electron chi connectivity index (χ4n) is 2.93. The van der Waals surface area contributed by atoms with Crippen LogP contribution in [0.15, 0.2) is 53.5 Å². The Balaban J connectivity index is 2.04. The molecule has 1 amide bonds. The number of aliphatic imine (C=N–C) groups is 1. The minimum atomic E-state index is -0.393. The number of hydrogen-bond acceptors (Lipinski definition) is 2. The number of amides is 1. The fourth-order valence-corrected chi connectivity index (χ4v) is 2.93. The number of rotatable bonds is 7. The molecule has 0 atom stereocenters. The van der Waals surface area contributed by atoms with Crippen molar-refractivity contribution in [2.45, 2.75) is 32.7 Å². The van der Waals surface area contributed by atoms with Crippen LogP contribution in [0.1, 0.15) is 42.3 Å². The van der Waals surface area contributed by atoms with E-state index >= 15 is 0 Å². The Labute approximate surface area is 173 Å². The second-order valence-corrected chi connectivity index (χ2v) is 7.81. The van der Waals surface area contributed by atoms with Crippen molar-refractivity contribution < 1.29 is 9.18 Å². The minimum absolute atomic E-state index is 0.0227. The topological polar surface area (TPSA) is 56.7 Å². The van der Waals surface area contributed by atoms with Gasteiger partial charge in [0.15, 0.2) is 5.96 Å². The summed E-state index contributed by atoms with van der Waals surface area (Å²) in [5.41, 5.74) is 1.94. The Hall–Kier alpha value is -2.89. The number of nitrogens with zero attached hydrogens (tertiary/aromatic N) is 2. The normalized spacial score (nSPS) is 11.9. The van der Waals surface area contributed by atoms with Gasteiger partial charge in [-0.15, -0.1) is 0 Å². The molecule has 2 rings (SSSR count). The number of carbonyl (C=O) groups excluding carboxylic acids is 1. The third kappa shape index (κ3) is 6.31. The Bertz CT molecular complexity index is 844. The van der Waals surface area contributed by atoms with E-state index in [4.69, 9.17) is 0 Å². The van der Waals surface area contributed by atoms with Gasteiger partial charge in [0.2, 0.25) is 0 Å². The lowest BCUT2D eigenvalue weighted by Gasteiger charge is -2.27. The van der Waals surface area contributed by atoms with Crippen molar-refractivity contribution in [1.29, 1.82) is 0 Å². The first-order chi connectivity index (χ1) is 13.7. The van der Waals surface area contributed by atoms with Gasteiger partial charge in [-0.2, -0.15) is 0 Å². The molecule has 2 N–H and O–H groups in total. The van der Waals surface area contributed by atoms with Gasteiger partial charge < -0.3 is 15.5 Å². The van der Waals surface area contributed by atoms with Gasteiger partial charge in [-0.1, -0.05) is 44.2 Å². The number of nitrogens with one attached hydrogen (secondary N) is 2. The fraction of sp³-hybridized carbons (Fsp3) is 0.391.